The first-order chi connectivity index (χ1) is 17.4. The van der Waals surface area contributed by atoms with E-state index in [4.69, 9.17) is 0 Å². The summed E-state index contributed by atoms with van der Waals surface area (Å²) in [5.41, 5.74) is 11.4. The molecule has 0 heteroatoms. The van der Waals surface area contributed by atoms with E-state index in [2.05, 4.69) is 128 Å². The smallest absolute Gasteiger partial charge is 0.00577 e. The average Bonchev–Trinajstić information content (AvgIpc) is 3.11. The highest BCUT2D eigenvalue weighted by molar-refractivity contribution is 6.10. The van der Waals surface area contributed by atoms with Crippen LogP contribution in [-0.4, -0.2) is 0 Å². The molecule has 0 radical (unpaired) electrons. The van der Waals surface area contributed by atoms with Crippen molar-refractivity contribution < 1.29 is 0 Å². The average molecular weight is 483 g/mol. The van der Waals surface area contributed by atoms with Crippen molar-refractivity contribution >= 4 is 37.9 Å². The molecule has 0 fully saturated rings. The molecule has 0 saturated heterocycles. The van der Waals surface area contributed by atoms with Crippen LogP contribution in [0.4, 0.5) is 0 Å². The predicted octanol–water partition coefficient (Wildman–Crippen LogP) is 10.8. The van der Waals surface area contributed by atoms with Crippen molar-refractivity contribution in [1.29, 1.82) is 0 Å². The minimum Gasteiger partial charge on any atom is -0.0654 e. The standard InChI is InChI=1S/C37H38/c1-22-17-28-20-32-33(21-30(28)23(22)2)35(37(6,7)8)31-19-27(15-16-29(31)34(32)36(3,4)5)26-14-13-24-11-9-10-12-25(24)18-26/h9-16,18-21H,17H2,1-8H3. The maximum absolute atomic E-state index is 2.52. The van der Waals surface area contributed by atoms with Crippen LogP contribution in [0.2, 0.25) is 0 Å². The summed E-state index contributed by atoms with van der Waals surface area (Å²) in [4.78, 5) is 0. The number of allylic oxidation sites excluding steroid dienone is 2. The van der Waals surface area contributed by atoms with Crippen molar-refractivity contribution in [1.82, 2.24) is 0 Å². The maximum Gasteiger partial charge on any atom is -0.00577 e. The summed E-state index contributed by atoms with van der Waals surface area (Å²) in [6, 6.07) is 27.8. The second-order valence-corrected chi connectivity index (χ2v) is 13.2. The van der Waals surface area contributed by atoms with E-state index < -0.39 is 0 Å². The van der Waals surface area contributed by atoms with Gasteiger partial charge in [-0.15, -0.1) is 0 Å². The Morgan fingerprint density at radius 1 is 0.541 bits per heavy atom. The van der Waals surface area contributed by atoms with Gasteiger partial charge in [-0.3, -0.25) is 0 Å². The van der Waals surface area contributed by atoms with Crippen LogP contribution in [0.1, 0.15) is 77.6 Å². The fourth-order valence-corrected chi connectivity index (χ4v) is 6.63. The third kappa shape index (κ3) is 3.81. The SMILES string of the molecule is CC1=C(C)c2cc3c(C(C)(C)C)c4cc(-c5ccc6ccccc6c5)ccc4c(C(C)(C)C)c3cc2C1. The van der Waals surface area contributed by atoms with E-state index in [1.54, 1.807) is 0 Å². The van der Waals surface area contributed by atoms with Gasteiger partial charge in [-0.05, 0) is 127 Å². The molecule has 0 N–H and O–H groups in total. The van der Waals surface area contributed by atoms with Crippen LogP contribution in [0.3, 0.4) is 0 Å². The Hall–Kier alpha value is -3.38. The zero-order valence-electron chi connectivity index (χ0n) is 23.6. The largest absolute Gasteiger partial charge is 0.0654 e. The van der Waals surface area contributed by atoms with E-state index in [9.17, 15) is 0 Å². The van der Waals surface area contributed by atoms with Crippen molar-refractivity contribution in [2.75, 3.05) is 0 Å². The first-order valence-corrected chi connectivity index (χ1v) is 13.7. The first kappa shape index (κ1) is 24.0. The Labute approximate surface area is 222 Å². The molecule has 0 saturated carbocycles. The van der Waals surface area contributed by atoms with Crippen molar-refractivity contribution in [2.24, 2.45) is 0 Å². The molecule has 0 aromatic heterocycles. The number of rotatable bonds is 1. The maximum atomic E-state index is 2.52. The van der Waals surface area contributed by atoms with Crippen LogP contribution in [0.15, 0.2) is 78.4 Å². The van der Waals surface area contributed by atoms with Crippen LogP contribution in [0, 0.1) is 0 Å². The summed E-state index contributed by atoms with van der Waals surface area (Å²) >= 11 is 0. The lowest BCUT2D eigenvalue weighted by molar-refractivity contribution is 0.593. The lowest BCUT2D eigenvalue weighted by atomic mass is 9.73. The van der Waals surface area contributed by atoms with Gasteiger partial charge in [-0.1, -0.05) is 95.6 Å². The molecular weight excluding hydrogens is 444 g/mol. The fourth-order valence-electron chi connectivity index (χ4n) is 6.63. The molecule has 37 heavy (non-hydrogen) atoms. The molecule has 5 aromatic rings. The zero-order valence-corrected chi connectivity index (χ0v) is 23.6. The Bertz CT molecular complexity index is 1760. The molecule has 0 bridgehead atoms. The minimum atomic E-state index is 0.00836. The molecule has 0 spiro atoms. The van der Waals surface area contributed by atoms with Gasteiger partial charge in [0.2, 0.25) is 0 Å². The molecule has 186 valence electrons. The molecule has 5 aromatic carbocycles. The number of hydrogen-bond donors (Lipinski definition) is 0. The van der Waals surface area contributed by atoms with Crippen LogP contribution in [0.5, 0.6) is 0 Å². The van der Waals surface area contributed by atoms with Crippen LogP contribution in [0.25, 0.3) is 49.0 Å². The molecule has 1 aliphatic rings. The first-order valence-electron chi connectivity index (χ1n) is 13.7. The van der Waals surface area contributed by atoms with Crippen LogP contribution < -0.4 is 0 Å². The van der Waals surface area contributed by atoms with Gasteiger partial charge in [-0.2, -0.15) is 0 Å². The molecule has 0 nitrogen and oxygen atoms in total. The van der Waals surface area contributed by atoms with Gasteiger partial charge in [0.25, 0.3) is 0 Å². The highest BCUT2D eigenvalue weighted by atomic mass is 14.3. The number of fused-ring (bicyclic) bond motifs is 4. The van der Waals surface area contributed by atoms with Gasteiger partial charge in [0, 0.05) is 0 Å². The van der Waals surface area contributed by atoms with E-state index >= 15 is 0 Å². The number of benzene rings is 5. The molecule has 6 rings (SSSR count). The topological polar surface area (TPSA) is 0 Å². The van der Waals surface area contributed by atoms with Gasteiger partial charge in [0.1, 0.15) is 0 Å². The van der Waals surface area contributed by atoms with Crippen molar-refractivity contribution in [3.05, 3.63) is 101 Å². The molecular formula is C37H38. The Balaban J connectivity index is 1.74. The fraction of sp³-hybridized carbons (Fsp3) is 0.297. The van der Waals surface area contributed by atoms with Gasteiger partial charge in [0.05, 0.1) is 0 Å². The van der Waals surface area contributed by atoms with E-state index in [1.165, 1.54) is 76.8 Å². The monoisotopic (exact) mass is 482 g/mol. The lowest BCUT2D eigenvalue weighted by Gasteiger charge is -2.31. The van der Waals surface area contributed by atoms with Gasteiger partial charge < -0.3 is 0 Å². The summed E-state index contributed by atoms with van der Waals surface area (Å²) < 4.78 is 0. The second kappa shape index (κ2) is 8.06. The molecule has 0 aliphatic heterocycles. The van der Waals surface area contributed by atoms with Gasteiger partial charge >= 0.3 is 0 Å². The summed E-state index contributed by atoms with van der Waals surface area (Å²) in [6.07, 6.45) is 1.07. The summed E-state index contributed by atoms with van der Waals surface area (Å²) in [7, 11) is 0. The third-order valence-electron chi connectivity index (χ3n) is 8.42. The Morgan fingerprint density at radius 3 is 1.81 bits per heavy atom. The molecule has 0 heterocycles. The Kier molecular flexibility index (Phi) is 5.22. The van der Waals surface area contributed by atoms with E-state index in [1.807, 2.05) is 0 Å². The number of hydrogen-bond acceptors (Lipinski definition) is 0. The highest BCUT2D eigenvalue weighted by Gasteiger charge is 2.29. The molecule has 0 amide bonds. The van der Waals surface area contributed by atoms with Gasteiger partial charge in [0.15, 0.2) is 0 Å². The predicted molar refractivity (Wildman–Crippen MR) is 164 cm³/mol. The zero-order chi connectivity index (χ0) is 26.3. The summed E-state index contributed by atoms with van der Waals surface area (Å²) in [5.74, 6) is 0. The van der Waals surface area contributed by atoms with Crippen molar-refractivity contribution in [3.63, 3.8) is 0 Å². The molecule has 1 aliphatic carbocycles. The van der Waals surface area contributed by atoms with Crippen LogP contribution >= 0.6 is 0 Å². The highest BCUT2D eigenvalue weighted by Crippen LogP contribution is 2.47. The van der Waals surface area contributed by atoms with E-state index in [0.717, 1.165) is 6.42 Å². The Morgan fingerprint density at radius 2 is 1.11 bits per heavy atom. The third-order valence-corrected chi connectivity index (χ3v) is 8.42. The summed E-state index contributed by atoms with van der Waals surface area (Å²) in [6.45, 7) is 18.8. The van der Waals surface area contributed by atoms with Crippen LogP contribution in [-0.2, 0) is 17.3 Å². The van der Waals surface area contributed by atoms with E-state index in [0.29, 0.717) is 0 Å². The summed E-state index contributed by atoms with van der Waals surface area (Å²) in [5, 5.41) is 8.23. The quantitative estimate of drug-likeness (QED) is 0.208. The lowest BCUT2D eigenvalue weighted by Crippen LogP contribution is -2.18. The molecule has 0 atom stereocenters. The van der Waals surface area contributed by atoms with Gasteiger partial charge in [-0.25, -0.2) is 0 Å². The normalized spacial score (nSPS) is 14.3. The van der Waals surface area contributed by atoms with E-state index in [-0.39, 0.29) is 10.8 Å². The van der Waals surface area contributed by atoms with Crippen molar-refractivity contribution in [2.45, 2.75) is 72.6 Å². The minimum absolute atomic E-state index is 0.00836. The molecule has 0 unspecified atom stereocenters. The van der Waals surface area contributed by atoms with Crippen molar-refractivity contribution in [3.8, 4) is 11.1 Å². The second-order valence-electron chi connectivity index (χ2n) is 13.2.